The van der Waals surface area contributed by atoms with E-state index in [4.69, 9.17) is 9.94 Å². The lowest BCUT2D eigenvalue weighted by atomic mass is 10.1. The first kappa shape index (κ1) is 25.4. The van der Waals surface area contributed by atoms with Gasteiger partial charge in [0.05, 0.1) is 4.90 Å². The number of hydroxylamine groups is 1. The molecule has 0 spiro atoms. The topological polar surface area (TPSA) is 134 Å². The molecule has 1 unspecified atom stereocenters. The number of benzene rings is 1. The summed E-state index contributed by atoms with van der Waals surface area (Å²) in [4.78, 5) is 23.8. The molecule has 0 saturated carbocycles. The molecule has 1 heterocycles. The summed E-state index contributed by atoms with van der Waals surface area (Å²) < 4.78 is 33.0. The molecule has 0 aliphatic carbocycles. The first-order chi connectivity index (χ1) is 15.4. The standard InChI is InChI=1S/C21H25N3O6S2/c1-2-3-13-30-17-7-9-18(10-8-17)32(28,29)24-19(21(26)23-27)6-4-5-12-22-20(25)16-11-14-31-15-16/h7-11,14-15,19,24,27H,4-6,12-13H2,1H3,(H,22,25)(H,23,26). The van der Waals surface area contributed by atoms with E-state index in [1.807, 2.05) is 0 Å². The zero-order chi connectivity index (χ0) is 23.4. The highest BCUT2D eigenvalue weighted by Gasteiger charge is 2.25. The van der Waals surface area contributed by atoms with E-state index in [-0.39, 0.29) is 23.8 Å². The summed E-state index contributed by atoms with van der Waals surface area (Å²) in [5, 5.41) is 15.3. The first-order valence-corrected chi connectivity index (χ1v) is 12.2. The van der Waals surface area contributed by atoms with Crippen LogP contribution in [-0.2, 0) is 14.8 Å². The number of amides is 2. The maximum Gasteiger partial charge on any atom is 0.261 e. The molecule has 0 radical (unpaired) electrons. The van der Waals surface area contributed by atoms with Crippen LogP contribution in [0.1, 0.15) is 36.5 Å². The third-order valence-corrected chi connectivity index (χ3v) is 6.51. The number of rotatable bonds is 12. The minimum absolute atomic E-state index is 0.0507. The predicted octanol–water partition coefficient (Wildman–Crippen LogP) is 1.90. The fourth-order valence-corrected chi connectivity index (χ4v) is 4.52. The second-order valence-electron chi connectivity index (χ2n) is 6.60. The number of sulfonamides is 1. The van der Waals surface area contributed by atoms with E-state index < -0.39 is 22.0 Å². The number of ether oxygens (including phenoxy) is 1. The van der Waals surface area contributed by atoms with Crippen LogP contribution >= 0.6 is 11.3 Å². The van der Waals surface area contributed by atoms with Crippen molar-refractivity contribution in [2.24, 2.45) is 0 Å². The molecule has 9 nitrogen and oxygen atoms in total. The van der Waals surface area contributed by atoms with Crippen molar-refractivity contribution in [2.75, 3.05) is 13.2 Å². The Balaban J connectivity index is 1.88. The van der Waals surface area contributed by atoms with Gasteiger partial charge in [-0.15, -0.1) is 5.92 Å². The Morgan fingerprint density at radius 1 is 1.19 bits per heavy atom. The Bertz CT molecular complexity index is 1040. The van der Waals surface area contributed by atoms with Gasteiger partial charge >= 0.3 is 0 Å². The number of unbranched alkanes of at least 4 members (excludes halogenated alkanes) is 1. The van der Waals surface area contributed by atoms with E-state index in [2.05, 4.69) is 21.9 Å². The maximum absolute atomic E-state index is 12.7. The van der Waals surface area contributed by atoms with Crippen LogP contribution in [0.2, 0.25) is 0 Å². The molecule has 11 heteroatoms. The van der Waals surface area contributed by atoms with Crippen molar-refractivity contribution < 1.29 is 28.0 Å². The zero-order valence-corrected chi connectivity index (χ0v) is 19.1. The minimum Gasteiger partial charge on any atom is -0.481 e. The van der Waals surface area contributed by atoms with Crippen LogP contribution in [0.4, 0.5) is 0 Å². The number of thiophene rings is 1. The average molecular weight is 480 g/mol. The fourth-order valence-electron chi connectivity index (χ4n) is 2.65. The lowest BCUT2D eigenvalue weighted by molar-refractivity contribution is -0.131. The van der Waals surface area contributed by atoms with Gasteiger partial charge in [-0.05, 0) is 61.9 Å². The van der Waals surface area contributed by atoms with Gasteiger partial charge in [0, 0.05) is 17.5 Å². The predicted molar refractivity (Wildman–Crippen MR) is 120 cm³/mol. The molecule has 2 aromatic rings. The summed E-state index contributed by atoms with van der Waals surface area (Å²) >= 11 is 1.42. The fraction of sp³-hybridized carbons (Fsp3) is 0.333. The Hall–Kier alpha value is -2.91. The quantitative estimate of drug-likeness (QED) is 0.159. The molecule has 2 amide bonds. The van der Waals surface area contributed by atoms with E-state index in [0.717, 1.165) is 0 Å². The monoisotopic (exact) mass is 479 g/mol. The average Bonchev–Trinajstić information content (AvgIpc) is 3.33. The lowest BCUT2D eigenvalue weighted by Gasteiger charge is -2.17. The number of nitrogens with one attached hydrogen (secondary N) is 3. The molecule has 1 aromatic heterocycles. The van der Waals surface area contributed by atoms with Gasteiger partial charge in [0.15, 0.2) is 0 Å². The van der Waals surface area contributed by atoms with Crippen molar-refractivity contribution in [3.05, 3.63) is 46.7 Å². The molecule has 1 atom stereocenters. The molecule has 0 saturated heterocycles. The molecule has 0 aliphatic heterocycles. The molecule has 0 fully saturated rings. The molecule has 4 N–H and O–H groups in total. The number of carbonyl (C=O) groups excluding carboxylic acids is 2. The molecule has 2 rings (SSSR count). The Labute approximate surface area is 191 Å². The molecular weight excluding hydrogens is 454 g/mol. The van der Waals surface area contributed by atoms with Gasteiger partial charge in [-0.2, -0.15) is 16.1 Å². The van der Waals surface area contributed by atoms with Crippen LogP contribution in [0.5, 0.6) is 5.75 Å². The first-order valence-electron chi connectivity index (χ1n) is 9.76. The van der Waals surface area contributed by atoms with Crippen molar-refractivity contribution in [1.82, 2.24) is 15.5 Å². The number of hydrogen-bond acceptors (Lipinski definition) is 7. The lowest BCUT2D eigenvalue weighted by Crippen LogP contribution is -2.45. The van der Waals surface area contributed by atoms with Crippen molar-refractivity contribution in [3.63, 3.8) is 0 Å². The van der Waals surface area contributed by atoms with Gasteiger partial charge < -0.3 is 10.1 Å². The van der Waals surface area contributed by atoms with E-state index >= 15 is 0 Å². The summed E-state index contributed by atoms with van der Waals surface area (Å²) in [5.74, 6) is 4.83. The van der Waals surface area contributed by atoms with Gasteiger partial charge in [-0.25, -0.2) is 13.9 Å². The Morgan fingerprint density at radius 3 is 2.56 bits per heavy atom. The molecule has 0 bridgehead atoms. The van der Waals surface area contributed by atoms with Gasteiger partial charge in [0.1, 0.15) is 18.4 Å². The van der Waals surface area contributed by atoms with Crippen molar-refractivity contribution in [1.29, 1.82) is 0 Å². The molecule has 1 aromatic carbocycles. The van der Waals surface area contributed by atoms with E-state index in [1.54, 1.807) is 23.8 Å². The Morgan fingerprint density at radius 2 is 1.94 bits per heavy atom. The SMILES string of the molecule is CC#CCOc1ccc(S(=O)(=O)NC(CCCCNC(=O)c2ccsc2)C(=O)NO)cc1. The van der Waals surface area contributed by atoms with Gasteiger partial charge in [-0.1, -0.05) is 5.92 Å². The summed E-state index contributed by atoms with van der Waals surface area (Å²) in [7, 11) is -4.02. The molecular formula is C21H25N3O6S2. The van der Waals surface area contributed by atoms with Crippen LogP contribution < -0.4 is 20.3 Å². The third-order valence-electron chi connectivity index (χ3n) is 4.33. The number of hydrogen-bond donors (Lipinski definition) is 4. The smallest absolute Gasteiger partial charge is 0.261 e. The summed E-state index contributed by atoms with van der Waals surface area (Å²) in [6.45, 7) is 2.25. The van der Waals surface area contributed by atoms with Gasteiger partial charge in [0.2, 0.25) is 10.0 Å². The van der Waals surface area contributed by atoms with E-state index in [1.165, 1.54) is 41.1 Å². The second-order valence-corrected chi connectivity index (χ2v) is 9.09. The van der Waals surface area contributed by atoms with Gasteiger partial charge in [-0.3, -0.25) is 14.8 Å². The van der Waals surface area contributed by atoms with Gasteiger partial charge in [0.25, 0.3) is 11.8 Å². The highest BCUT2D eigenvalue weighted by Crippen LogP contribution is 2.17. The minimum atomic E-state index is -4.02. The van der Waals surface area contributed by atoms with Crippen molar-refractivity contribution in [2.45, 2.75) is 37.1 Å². The van der Waals surface area contributed by atoms with E-state index in [9.17, 15) is 18.0 Å². The largest absolute Gasteiger partial charge is 0.481 e. The summed E-state index contributed by atoms with van der Waals surface area (Å²) in [5.41, 5.74) is 2.07. The van der Waals surface area contributed by atoms with E-state index in [0.29, 0.717) is 30.7 Å². The normalized spacial score (nSPS) is 11.7. The second kappa shape index (κ2) is 12.8. The zero-order valence-electron chi connectivity index (χ0n) is 17.5. The molecule has 172 valence electrons. The van der Waals surface area contributed by atoms with Crippen LogP contribution in [0.25, 0.3) is 0 Å². The van der Waals surface area contributed by atoms with Crippen LogP contribution in [0.3, 0.4) is 0 Å². The molecule has 0 aliphatic rings. The van der Waals surface area contributed by atoms with Crippen molar-refractivity contribution in [3.8, 4) is 17.6 Å². The van der Waals surface area contributed by atoms with Crippen LogP contribution in [0.15, 0.2) is 46.0 Å². The third kappa shape index (κ3) is 7.97. The van der Waals surface area contributed by atoms with Crippen LogP contribution in [-0.4, -0.2) is 44.6 Å². The number of carbonyl (C=O) groups is 2. The highest BCUT2D eigenvalue weighted by atomic mass is 32.2. The van der Waals surface area contributed by atoms with Crippen LogP contribution in [0, 0.1) is 11.8 Å². The highest BCUT2D eigenvalue weighted by molar-refractivity contribution is 7.89. The maximum atomic E-state index is 12.7. The summed E-state index contributed by atoms with van der Waals surface area (Å²) in [6.07, 6.45) is 1.10. The summed E-state index contributed by atoms with van der Waals surface area (Å²) in [6, 6.07) is 6.23. The Kier molecular flexibility index (Phi) is 10.2. The van der Waals surface area contributed by atoms with Crippen molar-refractivity contribution >= 4 is 33.2 Å². The molecule has 32 heavy (non-hydrogen) atoms.